The average molecular weight is 318 g/mol. The van der Waals surface area contributed by atoms with Crippen LogP contribution < -0.4 is 10.2 Å². The molecule has 0 saturated carbocycles. The van der Waals surface area contributed by atoms with Crippen LogP contribution in [0.25, 0.3) is 0 Å². The Morgan fingerprint density at radius 3 is 3.00 bits per heavy atom. The Kier molecular flexibility index (Phi) is 4.28. The first-order valence-electron chi connectivity index (χ1n) is 7.27. The maximum absolute atomic E-state index is 12.4. The van der Waals surface area contributed by atoms with Gasteiger partial charge in [-0.15, -0.1) is 10.2 Å². The van der Waals surface area contributed by atoms with E-state index in [4.69, 9.17) is 0 Å². The number of carbonyl (C=O) groups excluding carboxylic acids is 1. The van der Waals surface area contributed by atoms with Gasteiger partial charge in [-0.25, -0.2) is 9.97 Å². The van der Waals surface area contributed by atoms with Gasteiger partial charge in [0.25, 0.3) is 0 Å². The van der Waals surface area contributed by atoms with Crippen LogP contribution in [-0.2, 0) is 4.79 Å². The molecule has 1 aliphatic rings. The van der Waals surface area contributed by atoms with Gasteiger partial charge in [0.1, 0.15) is 5.01 Å². The van der Waals surface area contributed by atoms with E-state index in [2.05, 4.69) is 30.4 Å². The van der Waals surface area contributed by atoms with Gasteiger partial charge < -0.3 is 10.2 Å². The zero-order valence-electron chi connectivity index (χ0n) is 12.6. The minimum absolute atomic E-state index is 0.00602. The monoisotopic (exact) mass is 318 g/mol. The summed E-state index contributed by atoms with van der Waals surface area (Å²) in [4.78, 5) is 23.2. The first kappa shape index (κ1) is 14.8. The summed E-state index contributed by atoms with van der Waals surface area (Å²) in [5.41, 5.74) is 0.931. The molecule has 0 radical (unpaired) electrons. The van der Waals surface area contributed by atoms with E-state index < -0.39 is 0 Å². The number of amides is 1. The van der Waals surface area contributed by atoms with Gasteiger partial charge in [0.2, 0.25) is 17.0 Å². The number of rotatable bonds is 3. The number of aromatic nitrogens is 4. The van der Waals surface area contributed by atoms with E-state index in [0.717, 1.165) is 30.1 Å². The highest BCUT2D eigenvalue weighted by atomic mass is 32.1. The fraction of sp³-hybridized carbons (Fsp3) is 0.500. The van der Waals surface area contributed by atoms with Crippen LogP contribution in [0.2, 0.25) is 0 Å². The fourth-order valence-electron chi connectivity index (χ4n) is 2.52. The molecule has 1 saturated heterocycles. The Labute approximate surface area is 132 Å². The summed E-state index contributed by atoms with van der Waals surface area (Å²) in [6, 6.07) is 1.87. The van der Waals surface area contributed by atoms with Crippen LogP contribution in [0.5, 0.6) is 0 Å². The predicted octanol–water partition coefficient (Wildman–Crippen LogP) is 1.80. The number of hydrogen-bond acceptors (Lipinski definition) is 7. The average Bonchev–Trinajstić information content (AvgIpc) is 2.92. The largest absolute Gasteiger partial charge is 0.340 e. The molecule has 116 valence electrons. The number of aryl methyl sites for hydroxylation is 2. The number of hydrogen-bond donors (Lipinski definition) is 1. The molecule has 0 aliphatic carbocycles. The lowest BCUT2D eigenvalue weighted by Crippen LogP contribution is -2.41. The molecule has 8 heteroatoms. The van der Waals surface area contributed by atoms with Crippen LogP contribution in [0.3, 0.4) is 0 Å². The molecule has 1 fully saturated rings. The topological polar surface area (TPSA) is 83.9 Å². The van der Waals surface area contributed by atoms with E-state index in [0.29, 0.717) is 17.6 Å². The van der Waals surface area contributed by atoms with E-state index in [1.807, 2.05) is 19.9 Å². The van der Waals surface area contributed by atoms with Crippen LogP contribution in [0, 0.1) is 19.8 Å². The molecule has 3 heterocycles. The molecule has 2 aromatic heterocycles. The van der Waals surface area contributed by atoms with Crippen LogP contribution in [0.4, 0.5) is 11.1 Å². The predicted molar refractivity (Wildman–Crippen MR) is 85.0 cm³/mol. The molecule has 22 heavy (non-hydrogen) atoms. The lowest BCUT2D eigenvalue weighted by molar-refractivity contribution is -0.120. The summed E-state index contributed by atoms with van der Waals surface area (Å²) >= 11 is 1.39. The Bertz CT molecular complexity index is 673. The molecule has 1 atom stereocenters. The third kappa shape index (κ3) is 3.38. The summed E-state index contributed by atoms with van der Waals surface area (Å²) in [7, 11) is 0. The molecule has 0 aromatic carbocycles. The molecule has 2 aromatic rings. The van der Waals surface area contributed by atoms with E-state index in [1.54, 1.807) is 6.20 Å². The van der Waals surface area contributed by atoms with Crippen molar-refractivity contribution in [1.29, 1.82) is 0 Å². The first-order valence-corrected chi connectivity index (χ1v) is 8.09. The third-order valence-corrected chi connectivity index (χ3v) is 4.37. The lowest BCUT2D eigenvalue weighted by atomic mass is 9.97. The summed E-state index contributed by atoms with van der Waals surface area (Å²) in [5.74, 6) is 0.611. The summed E-state index contributed by atoms with van der Waals surface area (Å²) in [6.07, 6.45) is 3.57. The molecule has 1 N–H and O–H groups in total. The second-order valence-electron chi connectivity index (χ2n) is 5.40. The van der Waals surface area contributed by atoms with Crippen LogP contribution in [0.1, 0.15) is 23.5 Å². The minimum atomic E-state index is -0.0814. The van der Waals surface area contributed by atoms with Crippen molar-refractivity contribution < 1.29 is 4.79 Å². The highest BCUT2D eigenvalue weighted by molar-refractivity contribution is 7.15. The highest BCUT2D eigenvalue weighted by Crippen LogP contribution is 2.22. The van der Waals surface area contributed by atoms with Gasteiger partial charge in [0.15, 0.2) is 0 Å². The maximum atomic E-state index is 12.4. The molecule has 0 spiro atoms. The molecule has 0 bridgehead atoms. The van der Waals surface area contributed by atoms with Crippen molar-refractivity contribution in [2.24, 2.45) is 5.92 Å². The van der Waals surface area contributed by atoms with E-state index in [-0.39, 0.29) is 11.8 Å². The van der Waals surface area contributed by atoms with Crippen molar-refractivity contribution >= 4 is 28.3 Å². The molecule has 7 nitrogen and oxygen atoms in total. The van der Waals surface area contributed by atoms with Gasteiger partial charge in [-0.3, -0.25) is 4.79 Å². The molecule has 1 amide bonds. The van der Waals surface area contributed by atoms with E-state index in [9.17, 15) is 4.79 Å². The Balaban J connectivity index is 1.66. The summed E-state index contributed by atoms with van der Waals surface area (Å²) < 4.78 is 0. The van der Waals surface area contributed by atoms with Crippen LogP contribution >= 0.6 is 11.3 Å². The van der Waals surface area contributed by atoms with Crippen molar-refractivity contribution in [3.63, 3.8) is 0 Å². The fourth-order valence-corrected chi connectivity index (χ4v) is 3.11. The van der Waals surface area contributed by atoms with Gasteiger partial charge in [-0.2, -0.15) is 0 Å². The third-order valence-electron chi connectivity index (χ3n) is 3.61. The van der Waals surface area contributed by atoms with Crippen molar-refractivity contribution in [3.05, 3.63) is 23.0 Å². The van der Waals surface area contributed by atoms with Gasteiger partial charge in [0, 0.05) is 25.0 Å². The van der Waals surface area contributed by atoms with Crippen molar-refractivity contribution in [2.75, 3.05) is 23.3 Å². The summed E-state index contributed by atoms with van der Waals surface area (Å²) in [6.45, 7) is 5.32. The normalized spacial score (nSPS) is 18.3. The Hall–Kier alpha value is -2.09. The number of nitrogens with one attached hydrogen (secondary N) is 1. The molecular formula is C14H18N6OS. The number of carbonyl (C=O) groups is 1. The minimum Gasteiger partial charge on any atom is -0.340 e. The lowest BCUT2D eigenvalue weighted by Gasteiger charge is -2.31. The van der Waals surface area contributed by atoms with Crippen LogP contribution in [-0.4, -0.2) is 39.2 Å². The van der Waals surface area contributed by atoms with Gasteiger partial charge in [0.05, 0.1) is 5.92 Å². The van der Waals surface area contributed by atoms with Crippen LogP contribution in [0.15, 0.2) is 12.3 Å². The van der Waals surface area contributed by atoms with E-state index in [1.165, 1.54) is 11.3 Å². The first-order chi connectivity index (χ1) is 10.6. The molecule has 3 rings (SSSR count). The zero-order valence-corrected chi connectivity index (χ0v) is 13.4. The zero-order chi connectivity index (χ0) is 15.5. The van der Waals surface area contributed by atoms with Crippen molar-refractivity contribution in [1.82, 2.24) is 20.2 Å². The quantitative estimate of drug-likeness (QED) is 0.929. The smallest absolute Gasteiger partial charge is 0.231 e. The number of piperidine rings is 1. The highest BCUT2D eigenvalue weighted by Gasteiger charge is 2.27. The van der Waals surface area contributed by atoms with Gasteiger partial charge >= 0.3 is 0 Å². The molecule has 1 aliphatic heterocycles. The number of nitrogens with zero attached hydrogens (tertiary/aromatic N) is 5. The summed E-state index contributed by atoms with van der Waals surface area (Å²) in [5, 5.41) is 12.1. The van der Waals surface area contributed by atoms with Crippen molar-refractivity contribution in [3.8, 4) is 0 Å². The van der Waals surface area contributed by atoms with Crippen molar-refractivity contribution in [2.45, 2.75) is 26.7 Å². The Morgan fingerprint density at radius 1 is 1.41 bits per heavy atom. The van der Waals surface area contributed by atoms with E-state index >= 15 is 0 Å². The molecule has 0 unspecified atom stereocenters. The van der Waals surface area contributed by atoms with Gasteiger partial charge in [-0.1, -0.05) is 11.3 Å². The second kappa shape index (κ2) is 6.35. The maximum Gasteiger partial charge on any atom is 0.231 e. The molecular weight excluding hydrogens is 300 g/mol. The number of anilines is 2. The second-order valence-corrected chi connectivity index (χ2v) is 6.58. The standard InChI is InChI=1S/C14H18N6OS/c1-9-5-6-15-13(16-9)20-7-3-4-11(8-20)12(21)17-14-19-18-10(2)22-14/h5-6,11H,3-4,7-8H2,1-2H3,(H,17,19,21)/t11-/m1/s1. The SMILES string of the molecule is Cc1ccnc(N2CCC[C@@H](C(=O)Nc3nnc(C)s3)C2)n1. The Morgan fingerprint density at radius 2 is 2.27 bits per heavy atom. The van der Waals surface area contributed by atoms with Gasteiger partial charge in [-0.05, 0) is 32.8 Å².